The fourth-order valence-corrected chi connectivity index (χ4v) is 2.36. The third kappa shape index (κ3) is 2.61. The first kappa shape index (κ1) is 14.0. The molecule has 1 aromatic carbocycles. The molecule has 1 amide bonds. The normalized spacial score (nSPS) is 10.3. The number of hydrogen-bond acceptors (Lipinski definition) is 2. The largest absolute Gasteiger partial charge is 0.456 e. The van der Waals surface area contributed by atoms with E-state index in [0.717, 1.165) is 10.9 Å². The number of rotatable bonds is 2. The molecule has 0 aliphatic rings. The van der Waals surface area contributed by atoms with Gasteiger partial charge in [0.15, 0.2) is 5.76 Å². The minimum absolute atomic E-state index is 0.0487. The lowest BCUT2D eigenvalue weighted by atomic mass is 10.2. The molecule has 0 fully saturated rings. The van der Waals surface area contributed by atoms with Crippen LogP contribution in [0.4, 0.5) is 0 Å². The zero-order valence-corrected chi connectivity index (χ0v) is 12.5. The van der Waals surface area contributed by atoms with E-state index in [1.807, 2.05) is 41.9 Å². The molecule has 0 spiro atoms. The molecule has 0 bridgehead atoms. The van der Waals surface area contributed by atoms with Crippen LogP contribution in [0.1, 0.15) is 16.2 Å². The summed E-state index contributed by atoms with van der Waals surface area (Å²) in [5.74, 6) is 6.38. The number of furan rings is 1. The Morgan fingerprint density at radius 1 is 1.27 bits per heavy atom. The van der Waals surface area contributed by atoms with Crippen molar-refractivity contribution >= 4 is 16.8 Å². The SMILES string of the molecule is CN(CC#Cc1ccco1)C(=O)c1cc2ccccc2n1C. The number of carbonyl (C=O) groups is 1. The van der Waals surface area contributed by atoms with Crippen LogP contribution in [-0.2, 0) is 7.05 Å². The molecule has 3 aromatic rings. The Labute approximate surface area is 128 Å². The van der Waals surface area contributed by atoms with Crippen LogP contribution in [0, 0.1) is 11.8 Å². The monoisotopic (exact) mass is 292 g/mol. The Morgan fingerprint density at radius 3 is 2.82 bits per heavy atom. The number of hydrogen-bond donors (Lipinski definition) is 0. The Morgan fingerprint density at radius 2 is 2.09 bits per heavy atom. The molecule has 0 aliphatic heterocycles. The molecule has 0 unspecified atom stereocenters. The van der Waals surface area contributed by atoms with Gasteiger partial charge < -0.3 is 13.9 Å². The highest BCUT2D eigenvalue weighted by Crippen LogP contribution is 2.19. The van der Waals surface area contributed by atoms with E-state index >= 15 is 0 Å². The van der Waals surface area contributed by atoms with E-state index in [-0.39, 0.29) is 5.91 Å². The number of carbonyl (C=O) groups excluding carboxylic acids is 1. The standard InChI is InChI=1S/C18H16N2O2/c1-19(11-5-8-15-9-6-12-22-15)18(21)17-13-14-7-3-4-10-16(14)20(17)2/h3-4,6-7,9-10,12-13H,11H2,1-2H3. The second-order valence-corrected chi connectivity index (χ2v) is 5.09. The number of nitrogens with zero attached hydrogens (tertiary/aromatic N) is 2. The molecule has 4 heteroatoms. The number of benzene rings is 1. The molecule has 0 radical (unpaired) electrons. The molecule has 0 saturated carbocycles. The smallest absolute Gasteiger partial charge is 0.271 e. The van der Waals surface area contributed by atoms with Crippen molar-refractivity contribution in [3.05, 3.63) is 60.2 Å². The van der Waals surface area contributed by atoms with Gasteiger partial charge in [-0.2, -0.15) is 0 Å². The molecule has 2 heterocycles. The van der Waals surface area contributed by atoms with Crippen molar-refractivity contribution in [2.75, 3.05) is 13.6 Å². The molecule has 2 aromatic heterocycles. The first-order valence-corrected chi connectivity index (χ1v) is 6.99. The fourth-order valence-electron chi connectivity index (χ4n) is 2.36. The Kier molecular flexibility index (Phi) is 3.71. The van der Waals surface area contributed by atoms with E-state index in [2.05, 4.69) is 11.8 Å². The molecule has 0 saturated heterocycles. The zero-order valence-electron chi connectivity index (χ0n) is 12.5. The zero-order chi connectivity index (χ0) is 15.5. The second-order valence-electron chi connectivity index (χ2n) is 5.09. The maximum atomic E-state index is 12.5. The molecule has 4 nitrogen and oxygen atoms in total. The molecular formula is C18H16N2O2. The first-order valence-electron chi connectivity index (χ1n) is 6.99. The van der Waals surface area contributed by atoms with Gasteiger partial charge in [0, 0.05) is 25.0 Å². The van der Waals surface area contributed by atoms with Gasteiger partial charge in [0.05, 0.1) is 12.8 Å². The van der Waals surface area contributed by atoms with E-state index in [1.54, 1.807) is 30.3 Å². The van der Waals surface area contributed by atoms with Gasteiger partial charge in [-0.15, -0.1) is 0 Å². The molecule has 0 atom stereocenters. The van der Waals surface area contributed by atoms with Gasteiger partial charge >= 0.3 is 0 Å². The van der Waals surface area contributed by atoms with Crippen molar-refractivity contribution in [1.82, 2.24) is 9.47 Å². The lowest BCUT2D eigenvalue weighted by molar-refractivity contribution is 0.0804. The molecule has 0 aliphatic carbocycles. The highest BCUT2D eigenvalue weighted by atomic mass is 16.3. The Bertz CT molecular complexity index is 864. The van der Waals surface area contributed by atoms with Crippen molar-refractivity contribution in [1.29, 1.82) is 0 Å². The molecule has 22 heavy (non-hydrogen) atoms. The fraction of sp³-hybridized carbons (Fsp3) is 0.167. The Balaban J connectivity index is 1.78. The summed E-state index contributed by atoms with van der Waals surface area (Å²) in [6.07, 6.45) is 1.58. The summed E-state index contributed by atoms with van der Waals surface area (Å²) >= 11 is 0. The van der Waals surface area contributed by atoms with Crippen LogP contribution in [0.5, 0.6) is 0 Å². The van der Waals surface area contributed by atoms with E-state index < -0.39 is 0 Å². The van der Waals surface area contributed by atoms with E-state index in [4.69, 9.17) is 4.42 Å². The lowest BCUT2D eigenvalue weighted by Crippen LogP contribution is -2.28. The van der Waals surface area contributed by atoms with Crippen molar-refractivity contribution in [2.45, 2.75) is 0 Å². The van der Waals surface area contributed by atoms with Crippen molar-refractivity contribution in [2.24, 2.45) is 7.05 Å². The third-order valence-corrected chi connectivity index (χ3v) is 3.57. The van der Waals surface area contributed by atoms with Crippen LogP contribution in [-0.4, -0.2) is 29.0 Å². The molecular weight excluding hydrogens is 276 g/mol. The van der Waals surface area contributed by atoms with Crippen molar-refractivity contribution in [3.63, 3.8) is 0 Å². The lowest BCUT2D eigenvalue weighted by Gasteiger charge is -2.14. The van der Waals surface area contributed by atoms with Gasteiger partial charge in [-0.3, -0.25) is 4.79 Å². The van der Waals surface area contributed by atoms with Gasteiger partial charge in [-0.05, 0) is 30.2 Å². The second kappa shape index (κ2) is 5.82. The average Bonchev–Trinajstić information content (AvgIpc) is 3.15. The van der Waals surface area contributed by atoms with Crippen LogP contribution < -0.4 is 0 Å². The van der Waals surface area contributed by atoms with Gasteiger partial charge in [0.25, 0.3) is 5.91 Å². The summed E-state index contributed by atoms with van der Waals surface area (Å²) < 4.78 is 7.05. The van der Waals surface area contributed by atoms with Crippen LogP contribution in [0.3, 0.4) is 0 Å². The number of aromatic nitrogens is 1. The number of fused-ring (bicyclic) bond motifs is 1. The summed E-state index contributed by atoms with van der Waals surface area (Å²) in [5.41, 5.74) is 1.70. The van der Waals surface area contributed by atoms with E-state index in [0.29, 0.717) is 18.0 Å². The maximum absolute atomic E-state index is 12.5. The topological polar surface area (TPSA) is 38.4 Å². The van der Waals surface area contributed by atoms with E-state index in [9.17, 15) is 4.79 Å². The van der Waals surface area contributed by atoms with Gasteiger partial charge in [-0.1, -0.05) is 24.1 Å². The minimum Gasteiger partial charge on any atom is -0.456 e. The molecule has 3 rings (SSSR count). The highest BCUT2D eigenvalue weighted by Gasteiger charge is 2.16. The number of para-hydroxylation sites is 1. The number of aryl methyl sites for hydroxylation is 1. The predicted molar refractivity (Wildman–Crippen MR) is 85.5 cm³/mol. The quantitative estimate of drug-likeness (QED) is 0.681. The summed E-state index contributed by atoms with van der Waals surface area (Å²) in [6, 6.07) is 13.4. The molecule has 0 N–H and O–H groups in total. The van der Waals surface area contributed by atoms with Crippen LogP contribution in [0.2, 0.25) is 0 Å². The Hall–Kier alpha value is -2.93. The van der Waals surface area contributed by atoms with Crippen LogP contribution in [0.15, 0.2) is 53.1 Å². The van der Waals surface area contributed by atoms with Gasteiger partial charge in [0.1, 0.15) is 5.69 Å². The molecule has 110 valence electrons. The summed E-state index contributed by atoms with van der Waals surface area (Å²) in [6.45, 7) is 0.348. The van der Waals surface area contributed by atoms with E-state index in [1.165, 1.54) is 0 Å². The van der Waals surface area contributed by atoms with Gasteiger partial charge in [0.2, 0.25) is 0 Å². The predicted octanol–water partition coefficient (Wildman–Crippen LogP) is 2.90. The summed E-state index contributed by atoms with van der Waals surface area (Å²) in [7, 11) is 3.65. The van der Waals surface area contributed by atoms with Crippen molar-refractivity contribution in [3.8, 4) is 11.8 Å². The first-order chi connectivity index (χ1) is 10.7. The summed E-state index contributed by atoms with van der Waals surface area (Å²) in [4.78, 5) is 14.1. The summed E-state index contributed by atoms with van der Waals surface area (Å²) in [5, 5.41) is 1.06. The minimum atomic E-state index is -0.0487. The van der Waals surface area contributed by atoms with Crippen LogP contribution >= 0.6 is 0 Å². The third-order valence-electron chi connectivity index (χ3n) is 3.57. The average molecular weight is 292 g/mol. The van der Waals surface area contributed by atoms with Crippen LogP contribution in [0.25, 0.3) is 10.9 Å². The highest BCUT2D eigenvalue weighted by molar-refractivity contribution is 5.98. The van der Waals surface area contributed by atoms with Crippen molar-refractivity contribution < 1.29 is 9.21 Å². The number of amides is 1. The maximum Gasteiger partial charge on any atom is 0.271 e. The van der Waals surface area contributed by atoms with Gasteiger partial charge in [-0.25, -0.2) is 0 Å².